The summed E-state index contributed by atoms with van der Waals surface area (Å²) in [5, 5.41) is 8.79. The second-order valence-corrected chi connectivity index (χ2v) is 4.84. The van der Waals surface area contributed by atoms with Crippen LogP contribution in [0.5, 0.6) is 0 Å². The molecule has 0 aliphatic carbocycles. The lowest BCUT2D eigenvalue weighted by molar-refractivity contribution is -0.0192. The maximum atomic E-state index is 11.7. The molecule has 2 unspecified atom stereocenters. The molecule has 1 amide bonds. The summed E-state index contributed by atoms with van der Waals surface area (Å²) in [4.78, 5) is 13.3. The van der Waals surface area contributed by atoms with Crippen molar-refractivity contribution in [3.05, 3.63) is 0 Å². The highest BCUT2D eigenvalue weighted by Gasteiger charge is 2.42. The number of hydrogen-bond acceptors (Lipinski definition) is 3. The first-order valence-corrected chi connectivity index (χ1v) is 5.28. The topological polar surface area (TPSA) is 53.3 Å². The monoisotopic (exact) mass is 210 g/mol. The summed E-state index contributed by atoms with van der Waals surface area (Å²) in [6.07, 6.45) is 0.498. The Morgan fingerprint density at radius 1 is 1.60 bits per heavy atom. The van der Waals surface area contributed by atoms with Crippen LogP contribution in [0.25, 0.3) is 0 Å². The van der Waals surface area contributed by atoms with Crippen LogP contribution < -0.4 is 0 Å². The van der Waals surface area contributed by atoms with Gasteiger partial charge < -0.3 is 9.64 Å². The Kier molecular flexibility index (Phi) is 3.23. The van der Waals surface area contributed by atoms with Gasteiger partial charge in [0.2, 0.25) is 0 Å². The van der Waals surface area contributed by atoms with Gasteiger partial charge in [-0.2, -0.15) is 5.26 Å². The molecule has 0 aromatic rings. The average Bonchev–Trinajstić information content (AvgIpc) is 2.00. The van der Waals surface area contributed by atoms with E-state index < -0.39 is 5.60 Å². The van der Waals surface area contributed by atoms with Crippen molar-refractivity contribution in [2.75, 3.05) is 6.54 Å². The highest BCUT2D eigenvalue weighted by atomic mass is 16.6. The van der Waals surface area contributed by atoms with Crippen LogP contribution in [0.2, 0.25) is 0 Å². The third-order valence-electron chi connectivity index (χ3n) is 2.47. The molecule has 0 aromatic heterocycles. The summed E-state index contributed by atoms with van der Waals surface area (Å²) < 4.78 is 5.24. The maximum Gasteiger partial charge on any atom is 0.410 e. The fourth-order valence-electron chi connectivity index (χ4n) is 1.71. The molecular weight excluding hydrogens is 192 g/mol. The second kappa shape index (κ2) is 4.09. The van der Waals surface area contributed by atoms with E-state index in [-0.39, 0.29) is 18.1 Å². The molecule has 0 bridgehead atoms. The number of carbonyl (C=O) groups is 1. The number of hydrogen-bond donors (Lipinski definition) is 0. The van der Waals surface area contributed by atoms with Gasteiger partial charge in [-0.25, -0.2) is 4.79 Å². The lowest BCUT2D eigenvalue weighted by atomic mass is 9.88. The second-order valence-electron chi connectivity index (χ2n) is 4.84. The number of rotatable bonds is 1. The van der Waals surface area contributed by atoms with E-state index in [0.29, 0.717) is 6.54 Å². The van der Waals surface area contributed by atoms with Crippen molar-refractivity contribution in [3.63, 3.8) is 0 Å². The molecule has 84 valence electrons. The number of nitrogens with zero attached hydrogens (tertiary/aromatic N) is 2. The Morgan fingerprint density at radius 3 is 2.60 bits per heavy atom. The molecule has 0 radical (unpaired) electrons. The summed E-state index contributed by atoms with van der Waals surface area (Å²) in [5.74, 6) is -0.0254. The molecule has 1 heterocycles. The first-order valence-electron chi connectivity index (χ1n) is 5.28. The molecule has 0 spiro atoms. The molecule has 0 N–H and O–H groups in total. The van der Waals surface area contributed by atoms with Gasteiger partial charge in [-0.05, 0) is 27.2 Å². The number of amides is 1. The average molecular weight is 210 g/mol. The van der Waals surface area contributed by atoms with Gasteiger partial charge in [0.05, 0.1) is 18.0 Å². The van der Waals surface area contributed by atoms with Crippen LogP contribution in [0.4, 0.5) is 4.79 Å². The summed E-state index contributed by atoms with van der Waals surface area (Å²) in [7, 11) is 0. The number of carbonyl (C=O) groups excluding carboxylic acids is 1. The zero-order chi connectivity index (χ0) is 11.6. The van der Waals surface area contributed by atoms with E-state index in [9.17, 15) is 4.79 Å². The third-order valence-corrected chi connectivity index (χ3v) is 2.47. The van der Waals surface area contributed by atoms with Crippen molar-refractivity contribution < 1.29 is 9.53 Å². The van der Waals surface area contributed by atoms with E-state index in [1.54, 1.807) is 4.90 Å². The highest BCUT2D eigenvalue weighted by molar-refractivity contribution is 5.70. The predicted octanol–water partition coefficient (Wildman–Crippen LogP) is 2.16. The van der Waals surface area contributed by atoms with E-state index in [1.807, 2.05) is 27.7 Å². The van der Waals surface area contributed by atoms with Gasteiger partial charge in [0.15, 0.2) is 0 Å². The van der Waals surface area contributed by atoms with E-state index >= 15 is 0 Å². The van der Waals surface area contributed by atoms with Crippen molar-refractivity contribution >= 4 is 6.09 Å². The quantitative estimate of drug-likeness (QED) is 0.666. The Bertz CT molecular complexity index is 288. The largest absolute Gasteiger partial charge is 0.444 e. The molecule has 0 aromatic carbocycles. The van der Waals surface area contributed by atoms with Gasteiger partial charge >= 0.3 is 6.09 Å². The molecule has 1 aliphatic heterocycles. The van der Waals surface area contributed by atoms with Crippen LogP contribution in [-0.4, -0.2) is 29.2 Å². The molecule has 4 nitrogen and oxygen atoms in total. The Labute approximate surface area is 90.8 Å². The molecule has 15 heavy (non-hydrogen) atoms. The minimum Gasteiger partial charge on any atom is -0.444 e. The molecule has 0 saturated carbocycles. The van der Waals surface area contributed by atoms with Crippen molar-refractivity contribution in [1.82, 2.24) is 4.90 Å². The molecule has 1 saturated heterocycles. The van der Waals surface area contributed by atoms with Crippen LogP contribution >= 0.6 is 0 Å². The fraction of sp³-hybridized carbons (Fsp3) is 0.818. The number of ether oxygens (including phenoxy) is 1. The summed E-state index contributed by atoms with van der Waals surface area (Å²) >= 11 is 0. The summed E-state index contributed by atoms with van der Waals surface area (Å²) in [6.45, 7) is 8.00. The molecule has 1 fully saturated rings. The van der Waals surface area contributed by atoms with Crippen molar-refractivity contribution in [3.8, 4) is 6.07 Å². The Morgan fingerprint density at radius 2 is 2.20 bits per heavy atom. The molecule has 1 rings (SSSR count). The lowest BCUT2D eigenvalue weighted by Crippen LogP contribution is -2.58. The number of likely N-dealkylation sites (tertiary alicyclic amines) is 1. The van der Waals surface area contributed by atoms with Crippen LogP contribution in [-0.2, 0) is 4.74 Å². The third kappa shape index (κ3) is 2.62. The summed E-state index contributed by atoms with van der Waals surface area (Å²) in [6, 6.07) is 2.23. The first-order chi connectivity index (χ1) is 6.89. The molecule has 2 atom stereocenters. The van der Waals surface area contributed by atoms with Gasteiger partial charge in [0.1, 0.15) is 5.60 Å². The van der Waals surface area contributed by atoms with Crippen LogP contribution in [0, 0.1) is 17.2 Å². The van der Waals surface area contributed by atoms with Crippen molar-refractivity contribution in [1.29, 1.82) is 5.26 Å². The SMILES string of the molecule is CCC1C(C#N)CN1C(=O)OC(C)(C)C. The highest BCUT2D eigenvalue weighted by Crippen LogP contribution is 2.28. The Hall–Kier alpha value is -1.24. The zero-order valence-electron chi connectivity index (χ0n) is 9.78. The lowest BCUT2D eigenvalue weighted by Gasteiger charge is -2.44. The van der Waals surface area contributed by atoms with Gasteiger partial charge in [0.25, 0.3) is 0 Å². The van der Waals surface area contributed by atoms with E-state index in [1.165, 1.54) is 0 Å². The minimum absolute atomic E-state index is 0.0254. The van der Waals surface area contributed by atoms with Crippen molar-refractivity contribution in [2.24, 2.45) is 5.92 Å². The standard InChI is InChI=1S/C11H18N2O2/c1-5-9-8(6-12)7-13(9)10(14)15-11(2,3)4/h8-9H,5,7H2,1-4H3. The van der Waals surface area contributed by atoms with E-state index in [2.05, 4.69) is 6.07 Å². The van der Waals surface area contributed by atoms with Crippen LogP contribution in [0.15, 0.2) is 0 Å². The molecular formula is C11H18N2O2. The smallest absolute Gasteiger partial charge is 0.410 e. The first kappa shape index (κ1) is 11.8. The molecule has 1 aliphatic rings. The van der Waals surface area contributed by atoms with E-state index in [0.717, 1.165) is 6.42 Å². The van der Waals surface area contributed by atoms with Crippen LogP contribution in [0.1, 0.15) is 34.1 Å². The predicted molar refractivity (Wildman–Crippen MR) is 56.1 cm³/mol. The van der Waals surface area contributed by atoms with Crippen molar-refractivity contribution in [2.45, 2.75) is 45.8 Å². The van der Waals surface area contributed by atoms with E-state index in [4.69, 9.17) is 10.00 Å². The number of nitriles is 1. The summed E-state index contributed by atoms with van der Waals surface area (Å²) in [5.41, 5.74) is -0.465. The minimum atomic E-state index is -0.465. The van der Waals surface area contributed by atoms with Gasteiger partial charge in [-0.15, -0.1) is 0 Å². The van der Waals surface area contributed by atoms with Crippen LogP contribution in [0.3, 0.4) is 0 Å². The zero-order valence-corrected chi connectivity index (χ0v) is 9.78. The maximum absolute atomic E-state index is 11.7. The van der Waals surface area contributed by atoms with Gasteiger partial charge in [-0.1, -0.05) is 6.92 Å². The van der Waals surface area contributed by atoms with Gasteiger partial charge in [0, 0.05) is 6.54 Å². The van der Waals surface area contributed by atoms with Gasteiger partial charge in [-0.3, -0.25) is 0 Å². The fourth-order valence-corrected chi connectivity index (χ4v) is 1.71. The molecule has 4 heteroatoms. The normalized spacial score (nSPS) is 25.4. The Balaban J connectivity index is 2.54.